The molecule has 6 heteroatoms. The number of amides is 1. The highest BCUT2D eigenvalue weighted by atomic mass is 16.6. The van der Waals surface area contributed by atoms with Crippen molar-refractivity contribution in [2.24, 2.45) is 0 Å². The SMILES string of the molecule is CC(O)CN(CCNC1CCCNC1)C(=O)OC(C)(C)C. The first-order valence-corrected chi connectivity index (χ1v) is 7.88. The van der Waals surface area contributed by atoms with Crippen LogP contribution in [0.25, 0.3) is 0 Å². The van der Waals surface area contributed by atoms with Crippen LogP contribution in [0.4, 0.5) is 4.79 Å². The van der Waals surface area contributed by atoms with E-state index in [1.165, 1.54) is 6.42 Å². The number of piperidine rings is 1. The molecule has 1 rings (SSSR count). The Morgan fingerprint density at radius 1 is 1.52 bits per heavy atom. The zero-order valence-electron chi connectivity index (χ0n) is 13.8. The van der Waals surface area contributed by atoms with Gasteiger partial charge in [0.05, 0.1) is 6.10 Å². The number of hydrogen-bond donors (Lipinski definition) is 3. The van der Waals surface area contributed by atoms with Crippen LogP contribution in [0.3, 0.4) is 0 Å². The summed E-state index contributed by atoms with van der Waals surface area (Å²) in [6.07, 6.45) is 1.41. The van der Waals surface area contributed by atoms with Gasteiger partial charge in [0.15, 0.2) is 0 Å². The summed E-state index contributed by atoms with van der Waals surface area (Å²) in [5, 5.41) is 16.3. The predicted octanol–water partition coefficient (Wildman–Crippen LogP) is 0.946. The molecule has 1 aliphatic rings. The molecule has 3 N–H and O–H groups in total. The van der Waals surface area contributed by atoms with Gasteiger partial charge in [0.25, 0.3) is 0 Å². The van der Waals surface area contributed by atoms with E-state index in [0.29, 0.717) is 25.7 Å². The fraction of sp³-hybridized carbons (Fsp3) is 0.933. The first kappa shape index (κ1) is 18.2. The van der Waals surface area contributed by atoms with Gasteiger partial charge in [-0.05, 0) is 47.1 Å². The summed E-state index contributed by atoms with van der Waals surface area (Å²) < 4.78 is 5.38. The Balaban J connectivity index is 2.39. The van der Waals surface area contributed by atoms with Crippen LogP contribution in [0.5, 0.6) is 0 Å². The fourth-order valence-electron chi connectivity index (χ4n) is 2.33. The van der Waals surface area contributed by atoms with E-state index >= 15 is 0 Å². The summed E-state index contributed by atoms with van der Waals surface area (Å²) in [4.78, 5) is 13.7. The number of rotatable bonds is 6. The fourth-order valence-corrected chi connectivity index (χ4v) is 2.33. The van der Waals surface area contributed by atoms with Crippen LogP contribution >= 0.6 is 0 Å². The maximum Gasteiger partial charge on any atom is 0.410 e. The van der Waals surface area contributed by atoms with Gasteiger partial charge >= 0.3 is 6.09 Å². The zero-order valence-corrected chi connectivity index (χ0v) is 13.8. The summed E-state index contributed by atoms with van der Waals surface area (Å²) >= 11 is 0. The van der Waals surface area contributed by atoms with Crippen LogP contribution in [-0.4, -0.2) is 66.6 Å². The summed E-state index contributed by atoms with van der Waals surface area (Å²) in [5.74, 6) is 0. The quantitative estimate of drug-likeness (QED) is 0.681. The third kappa shape index (κ3) is 8.24. The molecule has 0 aromatic heterocycles. The Hall–Kier alpha value is -0.850. The Morgan fingerprint density at radius 3 is 2.76 bits per heavy atom. The molecule has 1 saturated heterocycles. The maximum absolute atomic E-state index is 12.1. The van der Waals surface area contributed by atoms with Crippen molar-refractivity contribution in [3.05, 3.63) is 0 Å². The molecule has 0 aromatic rings. The van der Waals surface area contributed by atoms with Crippen molar-refractivity contribution < 1.29 is 14.6 Å². The van der Waals surface area contributed by atoms with E-state index in [1.807, 2.05) is 20.8 Å². The molecule has 124 valence electrons. The van der Waals surface area contributed by atoms with Gasteiger partial charge in [-0.2, -0.15) is 0 Å². The molecular weight excluding hydrogens is 270 g/mol. The molecule has 1 fully saturated rings. The molecule has 2 atom stereocenters. The standard InChI is InChI=1S/C15H31N3O3/c1-12(19)11-18(14(20)21-15(2,3)4)9-8-17-13-6-5-7-16-10-13/h12-13,16-17,19H,5-11H2,1-4H3. The molecule has 0 radical (unpaired) electrons. The highest BCUT2D eigenvalue weighted by Gasteiger charge is 2.23. The van der Waals surface area contributed by atoms with Crippen LogP contribution in [0.15, 0.2) is 0 Å². The van der Waals surface area contributed by atoms with E-state index in [1.54, 1.807) is 11.8 Å². The summed E-state index contributed by atoms with van der Waals surface area (Å²) in [6, 6.07) is 0.464. The number of ether oxygens (including phenoxy) is 1. The van der Waals surface area contributed by atoms with Crippen molar-refractivity contribution in [3.63, 3.8) is 0 Å². The lowest BCUT2D eigenvalue weighted by molar-refractivity contribution is 0.0162. The second-order valence-electron chi connectivity index (χ2n) is 6.77. The largest absolute Gasteiger partial charge is 0.444 e. The van der Waals surface area contributed by atoms with Crippen molar-refractivity contribution in [1.82, 2.24) is 15.5 Å². The number of aliphatic hydroxyl groups excluding tert-OH is 1. The first-order valence-electron chi connectivity index (χ1n) is 7.88. The van der Waals surface area contributed by atoms with Gasteiger partial charge in [0, 0.05) is 32.2 Å². The highest BCUT2D eigenvalue weighted by Crippen LogP contribution is 2.10. The van der Waals surface area contributed by atoms with E-state index in [0.717, 1.165) is 19.5 Å². The van der Waals surface area contributed by atoms with Crippen molar-refractivity contribution in [2.45, 2.75) is 58.3 Å². The topological polar surface area (TPSA) is 73.8 Å². The van der Waals surface area contributed by atoms with Gasteiger partial charge in [-0.3, -0.25) is 0 Å². The number of aliphatic hydroxyl groups is 1. The first-order chi connectivity index (χ1) is 9.78. The van der Waals surface area contributed by atoms with E-state index in [9.17, 15) is 9.90 Å². The zero-order chi connectivity index (χ0) is 15.9. The lowest BCUT2D eigenvalue weighted by atomic mass is 10.1. The molecule has 1 aliphatic heterocycles. The molecule has 21 heavy (non-hydrogen) atoms. The lowest BCUT2D eigenvalue weighted by Crippen LogP contribution is -2.48. The van der Waals surface area contributed by atoms with Crippen molar-refractivity contribution in [1.29, 1.82) is 0 Å². The van der Waals surface area contributed by atoms with Crippen LogP contribution < -0.4 is 10.6 Å². The molecule has 0 spiro atoms. The summed E-state index contributed by atoms with van der Waals surface area (Å²) in [7, 11) is 0. The van der Waals surface area contributed by atoms with Crippen LogP contribution in [0.2, 0.25) is 0 Å². The minimum atomic E-state index is -0.561. The molecule has 1 heterocycles. The van der Waals surface area contributed by atoms with Crippen molar-refractivity contribution in [2.75, 3.05) is 32.7 Å². The normalized spacial score (nSPS) is 20.9. The Morgan fingerprint density at radius 2 is 2.24 bits per heavy atom. The number of nitrogens with zero attached hydrogens (tertiary/aromatic N) is 1. The van der Waals surface area contributed by atoms with E-state index in [4.69, 9.17) is 4.74 Å². The molecule has 0 aliphatic carbocycles. The number of carbonyl (C=O) groups excluding carboxylic acids is 1. The minimum absolute atomic E-state index is 0.291. The minimum Gasteiger partial charge on any atom is -0.444 e. The molecular formula is C15H31N3O3. The van der Waals surface area contributed by atoms with Crippen LogP contribution in [0, 0.1) is 0 Å². The van der Waals surface area contributed by atoms with E-state index in [2.05, 4.69) is 10.6 Å². The molecule has 0 aromatic carbocycles. The maximum atomic E-state index is 12.1. The number of carbonyl (C=O) groups is 1. The van der Waals surface area contributed by atoms with Gasteiger partial charge in [-0.25, -0.2) is 4.79 Å². The van der Waals surface area contributed by atoms with Gasteiger partial charge < -0.3 is 25.4 Å². The van der Waals surface area contributed by atoms with E-state index < -0.39 is 11.7 Å². The van der Waals surface area contributed by atoms with Crippen LogP contribution in [0.1, 0.15) is 40.5 Å². The monoisotopic (exact) mass is 301 g/mol. The average molecular weight is 301 g/mol. The van der Waals surface area contributed by atoms with E-state index in [-0.39, 0.29) is 6.09 Å². The second kappa shape index (κ2) is 8.56. The molecule has 2 unspecified atom stereocenters. The molecule has 6 nitrogen and oxygen atoms in total. The third-order valence-electron chi connectivity index (χ3n) is 3.25. The Kier molecular flexibility index (Phi) is 7.42. The average Bonchev–Trinajstić information content (AvgIpc) is 2.36. The van der Waals surface area contributed by atoms with Crippen molar-refractivity contribution >= 4 is 6.09 Å². The molecule has 0 bridgehead atoms. The Bertz CT molecular complexity index is 310. The van der Waals surface area contributed by atoms with Gasteiger partial charge in [-0.15, -0.1) is 0 Å². The number of nitrogens with one attached hydrogen (secondary N) is 2. The number of hydrogen-bond acceptors (Lipinski definition) is 5. The van der Waals surface area contributed by atoms with Gasteiger partial charge in [0.2, 0.25) is 0 Å². The third-order valence-corrected chi connectivity index (χ3v) is 3.25. The summed E-state index contributed by atoms with van der Waals surface area (Å²) in [6.45, 7) is 10.8. The molecule has 1 amide bonds. The van der Waals surface area contributed by atoms with Gasteiger partial charge in [0.1, 0.15) is 5.60 Å². The lowest BCUT2D eigenvalue weighted by Gasteiger charge is -2.29. The van der Waals surface area contributed by atoms with Crippen LogP contribution in [-0.2, 0) is 4.74 Å². The highest BCUT2D eigenvalue weighted by molar-refractivity contribution is 5.68. The summed E-state index contributed by atoms with van der Waals surface area (Å²) in [5.41, 5.74) is -0.519. The van der Waals surface area contributed by atoms with Gasteiger partial charge in [-0.1, -0.05) is 0 Å². The smallest absolute Gasteiger partial charge is 0.410 e. The Labute approximate surface area is 128 Å². The second-order valence-corrected chi connectivity index (χ2v) is 6.77. The van der Waals surface area contributed by atoms with Crippen molar-refractivity contribution in [3.8, 4) is 0 Å². The molecule has 0 saturated carbocycles. The predicted molar refractivity (Wildman–Crippen MR) is 83.4 cm³/mol.